The van der Waals surface area contributed by atoms with Gasteiger partial charge in [-0.1, -0.05) is 0 Å². The highest BCUT2D eigenvalue weighted by atomic mass is 31.1. The molecule has 0 rings (SSSR count). The van der Waals surface area contributed by atoms with Crippen molar-refractivity contribution in [2.24, 2.45) is 5.73 Å². The molecule has 0 amide bonds. The standard InChI is InChI=1S/C5H9NO6P/c6-3(5(8)9)1-2-4(7)12-13(10)11/h3H,1-2,6H2,(H,8,9)(H,10,11)/t3-/m0/s1. The molecule has 4 N–H and O–H groups in total. The van der Waals surface area contributed by atoms with Crippen LogP contribution in [0.3, 0.4) is 0 Å². The van der Waals surface area contributed by atoms with Crippen molar-refractivity contribution in [2.75, 3.05) is 0 Å². The van der Waals surface area contributed by atoms with E-state index in [-0.39, 0.29) is 12.8 Å². The van der Waals surface area contributed by atoms with E-state index in [9.17, 15) is 14.2 Å². The second-order valence-electron chi connectivity index (χ2n) is 2.18. The van der Waals surface area contributed by atoms with Crippen molar-refractivity contribution in [3.8, 4) is 0 Å². The summed E-state index contributed by atoms with van der Waals surface area (Å²) in [4.78, 5) is 28.8. The Morgan fingerprint density at radius 2 is 2.08 bits per heavy atom. The SMILES string of the molecule is N[C@@H](CCC(=O)O[P](=O)O)C(=O)O. The summed E-state index contributed by atoms with van der Waals surface area (Å²) in [6.07, 6.45) is -0.424. The number of nitrogens with two attached hydrogens (primary N) is 1. The maximum absolute atomic E-state index is 10.6. The number of carbonyl (C=O) groups excluding carboxylic acids is 1. The van der Waals surface area contributed by atoms with Gasteiger partial charge < -0.3 is 15.4 Å². The van der Waals surface area contributed by atoms with E-state index in [2.05, 4.69) is 4.52 Å². The highest BCUT2D eigenvalue weighted by Crippen LogP contribution is 2.16. The van der Waals surface area contributed by atoms with Crippen LogP contribution in [0.2, 0.25) is 0 Å². The first kappa shape index (κ1) is 12.0. The van der Waals surface area contributed by atoms with E-state index in [4.69, 9.17) is 15.7 Å². The van der Waals surface area contributed by atoms with Crippen LogP contribution in [0.1, 0.15) is 12.8 Å². The van der Waals surface area contributed by atoms with Crippen LogP contribution in [0, 0.1) is 0 Å². The molecule has 1 unspecified atom stereocenters. The first-order valence-electron chi connectivity index (χ1n) is 3.28. The number of rotatable bonds is 5. The van der Waals surface area contributed by atoms with Gasteiger partial charge in [0.2, 0.25) is 0 Å². The Labute approximate surface area is 74.4 Å². The van der Waals surface area contributed by atoms with Crippen molar-refractivity contribution in [3.63, 3.8) is 0 Å². The Hall–Kier alpha value is -1.04. The van der Waals surface area contributed by atoms with Crippen LogP contribution in [0.25, 0.3) is 0 Å². The van der Waals surface area contributed by atoms with E-state index in [0.717, 1.165) is 0 Å². The van der Waals surface area contributed by atoms with E-state index in [1.54, 1.807) is 0 Å². The molecule has 75 valence electrons. The average molecular weight is 210 g/mol. The fourth-order valence-corrected chi connectivity index (χ4v) is 0.795. The van der Waals surface area contributed by atoms with Gasteiger partial charge in [-0.2, -0.15) is 0 Å². The van der Waals surface area contributed by atoms with E-state index >= 15 is 0 Å². The third-order valence-corrected chi connectivity index (χ3v) is 1.52. The first-order valence-corrected chi connectivity index (χ1v) is 4.42. The minimum Gasteiger partial charge on any atom is -0.480 e. The highest BCUT2D eigenvalue weighted by molar-refractivity contribution is 7.32. The number of hydrogen-bond donors (Lipinski definition) is 3. The Balaban J connectivity index is 3.70. The predicted molar refractivity (Wildman–Crippen MR) is 40.8 cm³/mol. The van der Waals surface area contributed by atoms with Crippen LogP contribution in [-0.2, 0) is 18.7 Å². The second kappa shape index (κ2) is 5.58. The van der Waals surface area contributed by atoms with Crippen LogP contribution >= 0.6 is 8.25 Å². The summed E-state index contributed by atoms with van der Waals surface area (Å²) in [5.74, 6) is -2.18. The molecule has 8 heteroatoms. The second-order valence-corrected chi connectivity index (χ2v) is 2.84. The van der Waals surface area contributed by atoms with Crippen LogP contribution in [0.4, 0.5) is 0 Å². The van der Waals surface area contributed by atoms with Crippen molar-refractivity contribution in [1.82, 2.24) is 0 Å². The van der Waals surface area contributed by atoms with Crippen LogP contribution in [-0.4, -0.2) is 28.0 Å². The van der Waals surface area contributed by atoms with Gasteiger partial charge in [0.15, 0.2) is 0 Å². The first-order chi connectivity index (χ1) is 5.93. The molecule has 0 saturated heterocycles. The van der Waals surface area contributed by atoms with Gasteiger partial charge in [-0.05, 0) is 6.42 Å². The van der Waals surface area contributed by atoms with Crippen LogP contribution in [0.5, 0.6) is 0 Å². The third kappa shape index (κ3) is 6.15. The molecule has 0 aliphatic carbocycles. The Morgan fingerprint density at radius 1 is 1.54 bits per heavy atom. The summed E-state index contributed by atoms with van der Waals surface area (Å²) in [5.41, 5.74) is 5.05. The Bertz CT molecular complexity index is 229. The number of aliphatic carboxylic acids is 1. The van der Waals surface area contributed by atoms with Gasteiger partial charge in [0.05, 0.1) is 0 Å². The fourth-order valence-electron chi connectivity index (χ4n) is 0.530. The molecule has 0 fully saturated rings. The lowest BCUT2D eigenvalue weighted by Crippen LogP contribution is -2.30. The largest absolute Gasteiger partial charge is 0.480 e. The molecule has 2 atom stereocenters. The summed E-state index contributed by atoms with van der Waals surface area (Å²) >= 11 is 0. The minimum atomic E-state index is -2.97. The fraction of sp³-hybridized carbons (Fsp3) is 0.600. The van der Waals surface area contributed by atoms with Gasteiger partial charge in [0, 0.05) is 6.42 Å². The van der Waals surface area contributed by atoms with Crippen molar-refractivity contribution in [2.45, 2.75) is 18.9 Å². The van der Waals surface area contributed by atoms with Crippen LogP contribution in [0.15, 0.2) is 0 Å². The van der Waals surface area contributed by atoms with E-state index < -0.39 is 26.2 Å². The van der Waals surface area contributed by atoms with E-state index in [1.165, 1.54) is 0 Å². The summed E-state index contributed by atoms with van der Waals surface area (Å²) in [5, 5.41) is 8.29. The normalized spacial score (nSPS) is 13.2. The Morgan fingerprint density at radius 3 is 2.46 bits per heavy atom. The molecule has 0 saturated carbocycles. The number of carboxylic acid groups (broad SMARTS) is 1. The molecule has 0 heterocycles. The summed E-state index contributed by atoms with van der Waals surface area (Å²) in [6.45, 7) is 0. The molecule has 0 bridgehead atoms. The maximum Gasteiger partial charge on any atom is 0.428 e. The van der Waals surface area contributed by atoms with Gasteiger partial charge >= 0.3 is 20.2 Å². The third-order valence-electron chi connectivity index (χ3n) is 1.16. The Kier molecular flexibility index (Phi) is 5.13. The van der Waals surface area contributed by atoms with Crippen molar-refractivity contribution < 1.29 is 28.7 Å². The average Bonchev–Trinajstić information content (AvgIpc) is 1.98. The zero-order valence-corrected chi connectivity index (χ0v) is 7.44. The number of carbonyl (C=O) groups is 2. The molecular formula is C5H9NO6P. The molecule has 7 nitrogen and oxygen atoms in total. The number of carboxylic acids is 1. The lowest BCUT2D eigenvalue weighted by Gasteiger charge is -2.03. The lowest BCUT2D eigenvalue weighted by atomic mass is 10.2. The molecular weight excluding hydrogens is 201 g/mol. The highest BCUT2D eigenvalue weighted by Gasteiger charge is 2.15. The molecule has 13 heavy (non-hydrogen) atoms. The van der Waals surface area contributed by atoms with Crippen LogP contribution < -0.4 is 5.73 Å². The molecule has 0 aromatic rings. The van der Waals surface area contributed by atoms with Gasteiger partial charge in [0.1, 0.15) is 6.04 Å². The molecule has 0 aliphatic rings. The summed E-state index contributed by atoms with van der Waals surface area (Å²) in [6, 6.07) is -1.16. The zero-order valence-electron chi connectivity index (χ0n) is 6.54. The van der Waals surface area contributed by atoms with E-state index in [0.29, 0.717) is 0 Å². The molecule has 0 spiro atoms. The quantitative estimate of drug-likeness (QED) is 0.515. The smallest absolute Gasteiger partial charge is 0.428 e. The maximum atomic E-state index is 10.6. The van der Waals surface area contributed by atoms with Crippen molar-refractivity contribution >= 4 is 20.2 Å². The minimum absolute atomic E-state index is 0.128. The van der Waals surface area contributed by atoms with Crippen molar-refractivity contribution in [1.29, 1.82) is 0 Å². The van der Waals surface area contributed by atoms with Gasteiger partial charge in [0.25, 0.3) is 0 Å². The van der Waals surface area contributed by atoms with Gasteiger partial charge in [-0.15, -0.1) is 0 Å². The van der Waals surface area contributed by atoms with Crippen molar-refractivity contribution in [3.05, 3.63) is 0 Å². The number of hydrogen-bond acceptors (Lipinski definition) is 5. The zero-order chi connectivity index (χ0) is 10.4. The topological polar surface area (TPSA) is 127 Å². The predicted octanol–water partition coefficient (Wildman–Crippen LogP) is -0.629. The summed E-state index contributed by atoms with van der Waals surface area (Å²) < 4.78 is 13.8. The molecule has 0 aromatic carbocycles. The summed E-state index contributed by atoms with van der Waals surface area (Å²) in [7, 11) is -2.97. The molecule has 1 radical (unpaired) electrons. The molecule has 0 aliphatic heterocycles. The lowest BCUT2D eigenvalue weighted by molar-refractivity contribution is -0.139. The molecule has 0 aromatic heterocycles. The van der Waals surface area contributed by atoms with Gasteiger partial charge in [-0.3, -0.25) is 14.5 Å². The van der Waals surface area contributed by atoms with E-state index in [1.807, 2.05) is 0 Å². The monoisotopic (exact) mass is 210 g/mol. The van der Waals surface area contributed by atoms with Gasteiger partial charge in [-0.25, -0.2) is 4.57 Å².